The van der Waals surface area contributed by atoms with Crippen LogP contribution in [0.3, 0.4) is 0 Å². The molecule has 0 rings (SSSR count). The van der Waals surface area contributed by atoms with Crippen molar-refractivity contribution in [2.45, 2.75) is 45.3 Å². The van der Waals surface area contributed by atoms with Crippen LogP contribution >= 0.6 is 11.6 Å². The lowest BCUT2D eigenvalue weighted by atomic mass is 10.4. The molecule has 0 amide bonds. The van der Waals surface area contributed by atoms with Crippen molar-refractivity contribution in [3.63, 3.8) is 0 Å². The molecule has 0 saturated carbocycles. The number of hydrogen-bond acceptors (Lipinski definition) is 2. The molecule has 0 fully saturated rings. The van der Waals surface area contributed by atoms with Crippen LogP contribution in [0.15, 0.2) is 0 Å². The number of alkyl halides is 1. The quantitative estimate of drug-likeness (QED) is 0.510. The largest absolute Gasteiger partial charge is 0.520 e. The molecule has 0 saturated heterocycles. The maximum Gasteiger partial charge on any atom is 0.292 e. The molecule has 0 unspecified atom stereocenters. The second-order valence-corrected chi connectivity index (χ2v) is 8.38. The number of halogens is 1. The average molecular weight is 223 g/mol. The molecule has 0 N–H and O–H groups in total. The minimum atomic E-state index is -1.76. The van der Waals surface area contributed by atoms with E-state index in [0.29, 0.717) is 12.3 Å². The molecule has 0 heterocycles. The van der Waals surface area contributed by atoms with Crippen LogP contribution in [-0.4, -0.2) is 20.2 Å². The van der Waals surface area contributed by atoms with Crippen molar-refractivity contribution in [1.29, 1.82) is 0 Å². The van der Waals surface area contributed by atoms with Gasteiger partial charge in [-0.2, -0.15) is 0 Å². The maximum atomic E-state index is 11.2. The number of rotatable bonds is 6. The smallest absolute Gasteiger partial charge is 0.292 e. The summed E-state index contributed by atoms with van der Waals surface area (Å²) in [5.41, 5.74) is 0. The lowest BCUT2D eigenvalue weighted by molar-refractivity contribution is -0.135. The topological polar surface area (TPSA) is 26.3 Å². The molecule has 0 aliphatic carbocycles. The number of carbonyl (C=O) groups excluding carboxylic acids is 1. The average Bonchev–Trinajstić information content (AvgIpc) is 2.00. The minimum absolute atomic E-state index is 0.0475. The molecule has 0 aromatic carbocycles. The fourth-order valence-electron chi connectivity index (χ4n) is 1.11. The van der Waals surface area contributed by atoms with Gasteiger partial charge in [-0.25, -0.2) is 0 Å². The Morgan fingerprint density at radius 1 is 1.46 bits per heavy atom. The van der Waals surface area contributed by atoms with Crippen LogP contribution in [0.4, 0.5) is 0 Å². The molecule has 0 bridgehead atoms. The summed E-state index contributed by atoms with van der Waals surface area (Å²) in [5, 5.41) is 0. The normalized spacial score (nSPS) is 11.4. The first-order chi connectivity index (χ1) is 6.02. The number of hydrogen-bond donors (Lipinski definition) is 0. The summed E-state index contributed by atoms with van der Waals surface area (Å²) in [4.78, 5) is 11.2. The maximum absolute atomic E-state index is 11.2. The van der Waals surface area contributed by atoms with Crippen LogP contribution in [-0.2, 0) is 9.22 Å². The van der Waals surface area contributed by atoms with Crippen LogP contribution in [0.5, 0.6) is 0 Å². The summed E-state index contributed by atoms with van der Waals surface area (Å²) < 4.78 is 5.42. The van der Waals surface area contributed by atoms with E-state index in [1.807, 2.05) is 6.92 Å². The molecule has 4 heteroatoms. The van der Waals surface area contributed by atoms with E-state index in [-0.39, 0.29) is 5.97 Å². The van der Waals surface area contributed by atoms with Gasteiger partial charge in [0.05, 0.1) is 0 Å². The summed E-state index contributed by atoms with van der Waals surface area (Å²) in [7, 11) is -1.76. The van der Waals surface area contributed by atoms with E-state index < -0.39 is 8.32 Å². The third-order valence-electron chi connectivity index (χ3n) is 1.76. The predicted molar refractivity (Wildman–Crippen MR) is 58.6 cm³/mol. The Bertz CT molecular complexity index is 160. The lowest BCUT2D eigenvalue weighted by Crippen LogP contribution is -2.33. The van der Waals surface area contributed by atoms with Crippen molar-refractivity contribution < 1.29 is 9.22 Å². The Labute approximate surface area is 86.7 Å². The second-order valence-electron chi connectivity index (χ2n) is 3.78. The zero-order valence-corrected chi connectivity index (χ0v) is 10.5. The Balaban J connectivity index is 3.79. The van der Waals surface area contributed by atoms with Gasteiger partial charge in [-0.15, -0.1) is 11.6 Å². The third-order valence-corrected chi connectivity index (χ3v) is 4.36. The standard InChI is InChI=1S/C9H19ClO2Si/c1-4-6-9(11)12-13(2,3)8-5-7-10/h4-8H2,1-3H3. The van der Waals surface area contributed by atoms with Crippen LogP contribution in [0, 0.1) is 0 Å². The highest BCUT2D eigenvalue weighted by Crippen LogP contribution is 2.15. The van der Waals surface area contributed by atoms with Gasteiger partial charge >= 0.3 is 0 Å². The van der Waals surface area contributed by atoms with Gasteiger partial charge in [0.15, 0.2) is 0 Å². The van der Waals surface area contributed by atoms with Gasteiger partial charge in [0.2, 0.25) is 8.32 Å². The van der Waals surface area contributed by atoms with Crippen LogP contribution in [0.1, 0.15) is 26.2 Å². The van der Waals surface area contributed by atoms with E-state index in [1.165, 1.54) is 0 Å². The van der Waals surface area contributed by atoms with E-state index in [1.54, 1.807) is 0 Å². The molecule has 0 aliphatic heterocycles. The van der Waals surface area contributed by atoms with Crippen LogP contribution in [0.25, 0.3) is 0 Å². The molecule has 0 radical (unpaired) electrons. The van der Waals surface area contributed by atoms with Gasteiger partial charge in [0, 0.05) is 12.3 Å². The first-order valence-electron chi connectivity index (χ1n) is 4.79. The van der Waals surface area contributed by atoms with Gasteiger partial charge in [0.25, 0.3) is 5.97 Å². The van der Waals surface area contributed by atoms with Crippen molar-refractivity contribution >= 4 is 25.9 Å². The Morgan fingerprint density at radius 3 is 2.54 bits per heavy atom. The van der Waals surface area contributed by atoms with Gasteiger partial charge in [-0.05, 0) is 32.0 Å². The van der Waals surface area contributed by atoms with Crippen LogP contribution < -0.4 is 0 Å². The van der Waals surface area contributed by atoms with Gasteiger partial charge in [0.1, 0.15) is 0 Å². The highest BCUT2D eigenvalue weighted by molar-refractivity contribution is 6.72. The molecule has 2 nitrogen and oxygen atoms in total. The molecular formula is C9H19ClO2Si. The molecule has 78 valence electrons. The molecule has 0 aliphatic rings. The van der Waals surface area contributed by atoms with Crippen molar-refractivity contribution in [3.8, 4) is 0 Å². The van der Waals surface area contributed by atoms with Crippen LogP contribution in [0.2, 0.25) is 19.1 Å². The summed E-state index contributed by atoms with van der Waals surface area (Å²) >= 11 is 5.59. The molecule has 0 aromatic rings. The Morgan fingerprint density at radius 2 is 2.08 bits per heavy atom. The minimum Gasteiger partial charge on any atom is -0.520 e. The molecule has 0 aromatic heterocycles. The first-order valence-corrected chi connectivity index (χ1v) is 8.44. The van der Waals surface area contributed by atoms with Crippen molar-refractivity contribution in [2.75, 3.05) is 5.88 Å². The SMILES string of the molecule is CCCC(=O)O[Si](C)(C)CCCCl. The van der Waals surface area contributed by atoms with Crippen molar-refractivity contribution in [1.82, 2.24) is 0 Å². The van der Waals surface area contributed by atoms with Gasteiger partial charge in [-0.3, -0.25) is 4.79 Å². The van der Waals surface area contributed by atoms with E-state index in [9.17, 15) is 4.79 Å². The third kappa shape index (κ3) is 7.08. The Kier molecular flexibility index (Phi) is 6.42. The summed E-state index contributed by atoms with van der Waals surface area (Å²) in [6, 6.07) is 0.964. The molecular weight excluding hydrogens is 204 g/mol. The van der Waals surface area contributed by atoms with E-state index in [2.05, 4.69) is 13.1 Å². The highest BCUT2D eigenvalue weighted by Gasteiger charge is 2.25. The van der Waals surface area contributed by atoms with Crippen molar-refractivity contribution in [2.24, 2.45) is 0 Å². The van der Waals surface area contributed by atoms with E-state index >= 15 is 0 Å². The van der Waals surface area contributed by atoms with Crippen molar-refractivity contribution in [3.05, 3.63) is 0 Å². The van der Waals surface area contributed by atoms with E-state index in [0.717, 1.165) is 18.9 Å². The molecule has 13 heavy (non-hydrogen) atoms. The van der Waals surface area contributed by atoms with E-state index in [4.69, 9.17) is 16.0 Å². The highest BCUT2D eigenvalue weighted by atomic mass is 35.5. The fraction of sp³-hybridized carbons (Fsp3) is 0.889. The predicted octanol–water partition coefficient (Wildman–Crippen LogP) is 3.16. The summed E-state index contributed by atoms with van der Waals surface area (Å²) in [6.45, 7) is 6.11. The Hall–Kier alpha value is -0.0231. The zero-order valence-electron chi connectivity index (χ0n) is 8.73. The summed E-state index contributed by atoms with van der Waals surface area (Å²) in [5.74, 6) is 0.607. The zero-order chi connectivity index (χ0) is 10.3. The van der Waals surface area contributed by atoms with Gasteiger partial charge in [-0.1, -0.05) is 6.92 Å². The first kappa shape index (κ1) is 13.0. The second kappa shape index (κ2) is 6.43. The monoisotopic (exact) mass is 222 g/mol. The summed E-state index contributed by atoms with van der Waals surface area (Å²) in [6.07, 6.45) is 2.34. The van der Waals surface area contributed by atoms with Gasteiger partial charge < -0.3 is 4.43 Å². The fourth-order valence-corrected chi connectivity index (χ4v) is 3.31. The molecule has 0 atom stereocenters. The number of carbonyl (C=O) groups is 1. The lowest BCUT2D eigenvalue weighted by Gasteiger charge is -2.22. The molecule has 0 spiro atoms.